The first-order valence-electron chi connectivity index (χ1n) is 4.61. The number of hydrogen-bond acceptors (Lipinski definition) is 5. The third-order valence-electron chi connectivity index (χ3n) is 2.06. The molecule has 6 heteroatoms. The molecular weight excluding hydrogens is 242 g/mol. The summed E-state index contributed by atoms with van der Waals surface area (Å²) in [5, 5.41) is 0. The average Bonchev–Trinajstić information content (AvgIpc) is 2.36. The Hall–Kier alpha value is -1.95. The van der Waals surface area contributed by atoms with Crippen LogP contribution < -0.4 is 5.73 Å². The van der Waals surface area contributed by atoms with Gasteiger partial charge in [-0.15, -0.1) is 0 Å². The van der Waals surface area contributed by atoms with Gasteiger partial charge in [-0.05, 0) is 18.2 Å². The van der Waals surface area contributed by atoms with Crippen molar-refractivity contribution in [2.45, 2.75) is 0 Å². The van der Waals surface area contributed by atoms with Gasteiger partial charge in [0, 0.05) is 5.56 Å². The number of rotatable bonds is 3. The van der Waals surface area contributed by atoms with E-state index in [1.54, 1.807) is 0 Å². The normalized spacial score (nSPS) is 9.53. The monoisotopic (exact) mass is 253 g/mol. The minimum atomic E-state index is -0.576. The first kappa shape index (κ1) is 13.1. The van der Waals surface area contributed by atoms with Gasteiger partial charge in [-0.3, -0.25) is 0 Å². The van der Waals surface area contributed by atoms with Crippen LogP contribution in [0, 0.1) is 0 Å². The van der Waals surface area contributed by atoms with Gasteiger partial charge >= 0.3 is 11.9 Å². The number of nitrogens with two attached hydrogens (primary N) is 1. The van der Waals surface area contributed by atoms with Crippen LogP contribution in [-0.4, -0.2) is 31.1 Å². The minimum absolute atomic E-state index is 0.0842. The smallest absolute Gasteiger partial charge is 0.337 e. The largest absolute Gasteiger partial charge is 0.465 e. The van der Waals surface area contributed by atoms with E-state index in [-0.39, 0.29) is 16.1 Å². The SMILES string of the molecule is COC(=O)c1cc(C(=O)OC)cc(C(N)=S)c1. The van der Waals surface area contributed by atoms with Gasteiger partial charge in [0.05, 0.1) is 25.3 Å². The van der Waals surface area contributed by atoms with Crippen LogP contribution >= 0.6 is 12.2 Å². The van der Waals surface area contributed by atoms with E-state index in [1.807, 2.05) is 0 Å². The van der Waals surface area contributed by atoms with E-state index in [1.165, 1.54) is 32.4 Å². The highest BCUT2D eigenvalue weighted by molar-refractivity contribution is 7.80. The minimum Gasteiger partial charge on any atom is -0.465 e. The molecule has 0 atom stereocenters. The summed E-state index contributed by atoms with van der Waals surface area (Å²) in [6.07, 6.45) is 0. The van der Waals surface area contributed by atoms with E-state index in [0.717, 1.165) is 0 Å². The molecule has 0 aliphatic carbocycles. The summed E-state index contributed by atoms with van der Waals surface area (Å²) in [7, 11) is 2.49. The van der Waals surface area contributed by atoms with E-state index in [4.69, 9.17) is 18.0 Å². The maximum Gasteiger partial charge on any atom is 0.337 e. The number of esters is 2. The fraction of sp³-hybridized carbons (Fsp3) is 0.182. The zero-order valence-electron chi connectivity index (χ0n) is 9.35. The third-order valence-corrected chi connectivity index (χ3v) is 2.30. The molecular formula is C11H11NO4S. The molecule has 0 aliphatic heterocycles. The highest BCUT2D eigenvalue weighted by Crippen LogP contribution is 2.12. The highest BCUT2D eigenvalue weighted by Gasteiger charge is 2.14. The van der Waals surface area contributed by atoms with Crippen molar-refractivity contribution >= 4 is 29.1 Å². The number of hydrogen-bond donors (Lipinski definition) is 1. The molecule has 0 saturated heterocycles. The lowest BCUT2D eigenvalue weighted by Crippen LogP contribution is -2.14. The molecule has 90 valence electrons. The van der Waals surface area contributed by atoms with Gasteiger partial charge in [0.25, 0.3) is 0 Å². The third kappa shape index (κ3) is 3.01. The van der Waals surface area contributed by atoms with Crippen molar-refractivity contribution in [1.29, 1.82) is 0 Å². The average molecular weight is 253 g/mol. The second-order valence-electron chi connectivity index (χ2n) is 3.15. The topological polar surface area (TPSA) is 78.6 Å². The second kappa shape index (κ2) is 5.40. The number of carbonyl (C=O) groups excluding carboxylic acids is 2. The van der Waals surface area contributed by atoms with Crippen LogP contribution in [0.2, 0.25) is 0 Å². The Bertz CT molecular complexity index is 450. The van der Waals surface area contributed by atoms with Crippen molar-refractivity contribution < 1.29 is 19.1 Å². The first-order chi connectivity index (χ1) is 7.99. The molecule has 0 bridgehead atoms. The Morgan fingerprint density at radius 3 is 1.65 bits per heavy atom. The van der Waals surface area contributed by atoms with Gasteiger partial charge in [0.15, 0.2) is 0 Å². The lowest BCUT2D eigenvalue weighted by atomic mass is 10.1. The number of ether oxygens (including phenoxy) is 2. The van der Waals surface area contributed by atoms with Crippen molar-refractivity contribution in [1.82, 2.24) is 0 Å². The molecule has 1 aromatic rings. The molecule has 0 aromatic heterocycles. The van der Waals surface area contributed by atoms with Crippen LogP contribution in [0.4, 0.5) is 0 Å². The Morgan fingerprint density at radius 1 is 1.00 bits per heavy atom. The molecule has 0 spiro atoms. The summed E-state index contributed by atoms with van der Waals surface area (Å²) in [5.41, 5.74) is 6.25. The van der Waals surface area contributed by atoms with Gasteiger partial charge in [-0.2, -0.15) is 0 Å². The van der Waals surface area contributed by atoms with Gasteiger partial charge in [-0.1, -0.05) is 12.2 Å². The van der Waals surface area contributed by atoms with Gasteiger partial charge in [-0.25, -0.2) is 9.59 Å². The van der Waals surface area contributed by atoms with Crippen molar-refractivity contribution in [3.8, 4) is 0 Å². The molecule has 1 rings (SSSR count). The maximum atomic E-state index is 11.4. The fourth-order valence-corrected chi connectivity index (χ4v) is 1.36. The highest BCUT2D eigenvalue weighted by atomic mass is 32.1. The number of methoxy groups -OCH3 is 2. The van der Waals surface area contributed by atoms with Gasteiger partial charge < -0.3 is 15.2 Å². The molecule has 0 amide bonds. The van der Waals surface area contributed by atoms with Gasteiger partial charge in [0.2, 0.25) is 0 Å². The van der Waals surface area contributed by atoms with E-state index >= 15 is 0 Å². The molecule has 1 aromatic carbocycles. The van der Waals surface area contributed by atoms with Crippen molar-refractivity contribution in [2.24, 2.45) is 5.73 Å². The van der Waals surface area contributed by atoms with Gasteiger partial charge in [0.1, 0.15) is 4.99 Å². The molecule has 0 radical (unpaired) electrons. The number of thiocarbonyl (C=S) groups is 1. The van der Waals surface area contributed by atoms with E-state index in [9.17, 15) is 9.59 Å². The summed E-state index contributed by atoms with van der Waals surface area (Å²) < 4.78 is 9.13. The van der Waals surface area contributed by atoms with Crippen LogP contribution in [0.1, 0.15) is 26.3 Å². The summed E-state index contributed by atoms with van der Waals surface area (Å²) in [6.45, 7) is 0. The van der Waals surface area contributed by atoms with Crippen LogP contribution in [0.15, 0.2) is 18.2 Å². The van der Waals surface area contributed by atoms with Crippen LogP contribution in [0.3, 0.4) is 0 Å². The first-order valence-corrected chi connectivity index (χ1v) is 5.02. The predicted molar refractivity (Wildman–Crippen MR) is 65.0 cm³/mol. The zero-order chi connectivity index (χ0) is 13.0. The summed E-state index contributed by atoms with van der Waals surface area (Å²) in [5.74, 6) is -1.15. The zero-order valence-corrected chi connectivity index (χ0v) is 10.2. The number of carbonyl (C=O) groups is 2. The van der Waals surface area contributed by atoms with Crippen molar-refractivity contribution in [2.75, 3.05) is 14.2 Å². The van der Waals surface area contributed by atoms with E-state index in [0.29, 0.717) is 5.56 Å². The standard InChI is InChI=1S/C11H11NO4S/c1-15-10(13)7-3-6(9(12)17)4-8(5-7)11(14)16-2/h3-5H,1-2H3,(H2,12,17). The molecule has 0 aliphatic rings. The Labute approximate surface area is 104 Å². The van der Waals surface area contributed by atoms with Crippen LogP contribution in [0.25, 0.3) is 0 Å². The fourth-order valence-electron chi connectivity index (χ4n) is 1.24. The van der Waals surface area contributed by atoms with Crippen molar-refractivity contribution in [3.05, 3.63) is 34.9 Å². The Balaban J connectivity index is 3.33. The molecule has 2 N–H and O–H groups in total. The van der Waals surface area contributed by atoms with Crippen LogP contribution in [-0.2, 0) is 9.47 Å². The van der Waals surface area contributed by atoms with E-state index in [2.05, 4.69) is 9.47 Å². The molecule has 0 fully saturated rings. The number of benzene rings is 1. The Kier molecular flexibility index (Phi) is 4.17. The maximum absolute atomic E-state index is 11.4. The van der Waals surface area contributed by atoms with Crippen molar-refractivity contribution in [3.63, 3.8) is 0 Å². The lowest BCUT2D eigenvalue weighted by Gasteiger charge is -2.06. The molecule has 0 saturated carbocycles. The molecule has 0 heterocycles. The second-order valence-corrected chi connectivity index (χ2v) is 3.59. The molecule has 5 nitrogen and oxygen atoms in total. The lowest BCUT2D eigenvalue weighted by molar-refractivity contribution is 0.0599. The van der Waals surface area contributed by atoms with E-state index < -0.39 is 11.9 Å². The quantitative estimate of drug-likeness (QED) is 0.636. The Morgan fingerprint density at radius 2 is 1.35 bits per heavy atom. The summed E-state index contributed by atoms with van der Waals surface area (Å²) in [6, 6.07) is 4.28. The molecule has 0 unspecified atom stereocenters. The van der Waals surface area contributed by atoms with Crippen LogP contribution in [0.5, 0.6) is 0 Å². The summed E-state index contributed by atoms with van der Waals surface area (Å²) >= 11 is 4.80. The summed E-state index contributed by atoms with van der Waals surface area (Å²) in [4.78, 5) is 22.9. The predicted octanol–water partition coefficient (Wildman–Crippen LogP) is 0.894. The molecule has 17 heavy (non-hydrogen) atoms.